The summed E-state index contributed by atoms with van der Waals surface area (Å²) in [5.41, 5.74) is 1.34. The van der Waals surface area contributed by atoms with Crippen LogP contribution < -0.4 is 0 Å². The van der Waals surface area contributed by atoms with E-state index in [1.807, 2.05) is 0 Å². The maximum Gasteiger partial charge on any atom is 0.0621 e. The van der Waals surface area contributed by atoms with Crippen LogP contribution in [0.25, 0.3) is 0 Å². The van der Waals surface area contributed by atoms with Gasteiger partial charge in [-0.25, -0.2) is 0 Å². The number of nitrogens with zero attached hydrogens (tertiary/aromatic N) is 1. The average Bonchev–Trinajstić information content (AvgIpc) is 2.21. The van der Waals surface area contributed by atoms with Crippen LogP contribution in [0.15, 0.2) is 28.7 Å². The molecule has 0 heterocycles. The van der Waals surface area contributed by atoms with Gasteiger partial charge >= 0.3 is 0 Å². The summed E-state index contributed by atoms with van der Waals surface area (Å²) in [5, 5.41) is 8.54. The van der Waals surface area contributed by atoms with Gasteiger partial charge in [0.1, 0.15) is 0 Å². The van der Waals surface area contributed by atoms with Crippen molar-refractivity contribution < 1.29 is 0 Å². The Kier molecular flexibility index (Phi) is 4.69. The van der Waals surface area contributed by atoms with E-state index in [1.165, 1.54) is 5.56 Å². The van der Waals surface area contributed by atoms with Gasteiger partial charge in [-0.05, 0) is 36.5 Å². The van der Waals surface area contributed by atoms with Crippen molar-refractivity contribution in [2.45, 2.75) is 32.1 Å². The zero-order valence-electron chi connectivity index (χ0n) is 8.33. The number of benzene rings is 1. The number of hydrogen-bond acceptors (Lipinski definition) is 1. The monoisotopic (exact) mass is 251 g/mol. The summed E-state index contributed by atoms with van der Waals surface area (Å²) in [6.45, 7) is 2.17. The van der Waals surface area contributed by atoms with Gasteiger partial charge in [-0.1, -0.05) is 35.0 Å². The van der Waals surface area contributed by atoms with Crippen molar-refractivity contribution in [3.05, 3.63) is 34.3 Å². The predicted octanol–water partition coefficient (Wildman–Crippen LogP) is 4.25. The maximum absolute atomic E-state index is 8.54. The van der Waals surface area contributed by atoms with Crippen LogP contribution in [0.3, 0.4) is 0 Å². The molecule has 1 atom stereocenters. The SMILES string of the molecule is CCC(CCC#N)c1ccc(Br)cc1. The Labute approximate surface area is 93.9 Å². The summed E-state index contributed by atoms with van der Waals surface area (Å²) in [5.74, 6) is 0.530. The smallest absolute Gasteiger partial charge is 0.0621 e. The summed E-state index contributed by atoms with van der Waals surface area (Å²) >= 11 is 3.42. The molecule has 0 radical (unpaired) electrons. The lowest BCUT2D eigenvalue weighted by Gasteiger charge is -2.13. The van der Waals surface area contributed by atoms with Gasteiger partial charge < -0.3 is 0 Å². The van der Waals surface area contributed by atoms with Gasteiger partial charge in [0.15, 0.2) is 0 Å². The molecule has 0 aliphatic rings. The Balaban J connectivity index is 2.69. The summed E-state index contributed by atoms with van der Waals surface area (Å²) in [4.78, 5) is 0. The highest BCUT2D eigenvalue weighted by atomic mass is 79.9. The van der Waals surface area contributed by atoms with Crippen LogP contribution in [0.2, 0.25) is 0 Å². The van der Waals surface area contributed by atoms with Crippen LogP contribution in [0.4, 0.5) is 0 Å². The van der Waals surface area contributed by atoms with E-state index in [0.717, 1.165) is 17.3 Å². The standard InChI is InChI=1S/C12H14BrN/c1-2-10(4-3-9-14)11-5-7-12(13)8-6-11/h5-8,10H,2-4H2,1H3. The quantitative estimate of drug-likeness (QED) is 0.785. The van der Waals surface area contributed by atoms with Crippen LogP contribution in [-0.2, 0) is 0 Å². The van der Waals surface area contributed by atoms with Crippen LogP contribution >= 0.6 is 15.9 Å². The second-order valence-corrected chi connectivity index (χ2v) is 4.27. The van der Waals surface area contributed by atoms with Crippen molar-refractivity contribution in [2.75, 3.05) is 0 Å². The van der Waals surface area contributed by atoms with Gasteiger partial charge in [-0.15, -0.1) is 0 Å². The van der Waals surface area contributed by atoms with E-state index in [9.17, 15) is 0 Å². The molecule has 14 heavy (non-hydrogen) atoms. The third-order valence-electron chi connectivity index (χ3n) is 2.44. The van der Waals surface area contributed by atoms with Gasteiger partial charge in [-0.3, -0.25) is 0 Å². The molecule has 1 rings (SSSR count). The largest absolute Gasteiger partial charge is 0.198 e. The molecule has 0 saturated carbocycles. The molecule has 0 aliphatic carbocycles. The molecule has 2 heteroatoms. The first-order valence-electron chi connectivity index (χ1n) is 4.90. The lowest BCUT2D eigenvalue weighted by atomic mass is 9.92. The summed E-state index contributed by atoms with van der Waals surface area (Å²) in [6, 6.07) is 10.6. The Bertz CT molecular complexity index is 310. The molecule has 1 nitrogen and oxygen atoms in total. The fourth-order valence-corrected chi connectivity index (χ4v) is 1.84. The Morgan fingerprint density at radius 1 is 1.36 bits per heavy atom. The van der Waals surface area contributed by atoms with Gasteiger partial charge in [0.2, 0.25) is 0 Å². The Morgan fingerprint density at radius 3 is 2.50 bits per heavy atom. The number of hydrogen-bond donors (Lipinski definition) is 0. The number of halogens is 1. The lowest BCUT2D eigenvalue weighted by molar-refractivity contribution is 0.616. The minimum absolute atomic E-state index is 0.530. The normalized spacial score (nSPS) is 12.1. The van der Waals surface area contributed by atoms with Crippen molar-refractivity contribution in [1.29, 1.82) is 5.26 Å². The number of nitriles is 1. The highest BCUT2D eigenvalue weighted by molar-refractivity contribution is 9.10. The van der Waals surface area contributed by atoms with E-state index in [1.54, 1.807) is 0 Å². The summed E-state index contributed by atoms with van der Waals surface area (Å²) in [7, 11) is 0. The van der Waals surface area contributed by atoms with Crippen molar-refractivity contribution >= 4 is 15.9 Å². The van der Waals surface area contributed by atoms with Crippen molar-refractivity contribution in [1.82, 2.24) is 0 Å². The zero-order chi connectivity index (χ0) is 10.4. The molecule has 0 fully saturated rings. The van der Waals surface area contributed by atoms with Crippen molar-refractivity contribution in [3.8, 4) is 6.07 Å². The van der Waals surface area contributed by atoms with Crippen LogP contribution in [-0.4, -0.2) is 0 Å². The fourth-order valence-electron chi connectivity index (χ4n) is 1.58. The molecule has 0 aliphatic heterocycles. The third-order valence-corrected chi connectivity index (χ3v) is 2.97. The first kappa shape index (κ1) is 11.3. The van der Waals surface area contributed by atoms with E-state index >= 15 is 0 Å². The van der Waals surface area contributed by atoms with Crippen molar-refractivity contribution in [2.24, 2.45) is 0 Å². The average molecular weight is 252 g/mol. The third kappa shape index (κ3) is 3.16. The van der Waals surface area contributed by atoms with Crippen LogP contribution in [0, 0.1) is 11.3 Å². The maximum atomic E-state index is 8.54. The first-order chi connectivity index (χ1) is 6.77. The predicted molar refractivity (Wildman–Crippen MR) is 62.0 cm³/mol. The second-order valence-electron chi connectivity index (χ2n) is 3.35. The second kappa shape index (κ2) is 5.82. The van der Waals surface area contributed by atoms with E-state index < -0.39 is 0 Å². The molecule has 0 spiro atoms. The fraction of sp³-hybridized carbons (Fsp3) is 0.417. The molecule has 0 aromatic heterocycles. The van der Waals surface area contributed by atoms with Gasteiger partial charge in [0.25, 0.3) is 0 Å². The van der Waals surface area contributed by atoms with Gasteiger partial charge in [-0.2, -0.15) is 5.26 Å². The first-order valence-corrected chi connectivity index (χ1v) is 5.69. The molecular formula is C12H14BrN. The summed E-state index contributed by atoms with van der Waals surface area (Å²) < 4.78 is 1.11. The Hall–Kier alpha value is -0.810. The van der Waals surface area contributed by atoms with Gasteiger partial charge in [0.05, 0.1) is 6.07 Å². The van der Waals surface area contributed by atoms with E-state index in [2.05, 4.69) is 53.2 Å². The molecule has 1 unspecified atom stereocenters. The summed E-state index contributed by atoms with van der Waals surface area (Å²) in [6.07, 6.45) is 2.71. The Morgan fingerprint density at radius 2 is 2.00 bits per heavy atom. The minimum atomic E-state index is 0.530. The number of rotatable bonds is 4. The molecule has 1 aromatic rings. The van der Waals surface area contributed by atoms with Crippen LogP contribution in [0.1, 0.15) is 37.7 Å². The molecule has 0 saturated heterocycles. The zero-order valence-corrected chi connectivity index (χ0v) is 9.92. The highest BCUT2D eigenvalue weighted by Gasteiger charge is 2.08. The van der Waals surface area contributed by atoms with Gasteiger partial charge in [0, 0.05) is 10.9 Å². The van der Waals surface area contributed by atoms with E-state index in [4.69, 9.17) is 5.26 Å². The molecule has 74 valence electrons. The molecular weight excluding hydrogens is 238 g/mol. The van der Waals surface area contributed by atoms with E-state index in [-0.39, 0.29) is 0 Å². The topological polar surface area (TPSA) is 23.8 Å². The van der Waals surface area contributed by atoms with Crippen LogP contribution in [0.5, 0.6) is 0 Å². The molecule has 1 aromatic carbocycles. The highest BCUT2D eigenvalue weighted by Crippen LogP contribution is 2.25. The van der Waals surface area contributed by atoms with Crippen molar-refractivity contribution in [3.63, 3.8) is 0 Å². The molecule has 0 amide bonds. The lowest BCUT2D eigenvalue weighted by Crippen LogP contribution is -1.96. The molecule has 0 N–H and O–H groups in total. The van der Waals surface area contributed by atoms with E-state index in [0.29, 0.717) is 12.3 Å². The molecule has 0 bridgehead atoms. The minimum Gasteiger partial charge on any atom is -0.198 e.